The number of benzene rings is 5. The SMILES string of the molecule is Cc1c(-c2ccccc2)cccc1-c1ccc(-c2cccc(-c3cc(C(C)(C)C)ccn3)c2)c2nc(-c3ccccc3)ccc12. The number of rotatable bonds is 5. The van der Waals surface area contributed by atoms with Crippen LogP contribution in [0.4, 0.5) is 0 Å². The van der Waals surface area contributed by atoms with Gasteiger partial charge in [-0.25, -0.2) is 4.98 Å². The van der Waals surface area contributed by atoms with E-state index in [1.54, 1.807) is 0 Å². The molecule has 0 bridgehead atoms. The van der Waals surface area contributed by atoms with Crippen molar-refractivity contribution in [2.24, 2.45) is 0 Å². The quantitative estimate of drug-likeness (QED) is 0.202. The van der Waals surface area contributed by atoms with Crippen molar-refractivity contribution >= 4 is 10.9 Å². The summed E-state index contributed by atoms with van der Waals surface area (Å²) in [5.41, 5.74) is 14.8. The first-order valence-corrected chi connectivity index (χ1v) is 15.6. The number of aromatic nitrogens is 2. The third-order valence-corrected chi connectivity index (χ3v) is 8.73. The van der Waals surface area contributed by atoms with E-state index in [-0.39, 0.29) is 5.41 Å². The van der Waals surface area contributed by atoms with Crippen molar-refractivity contribution in [3.05, 3.63) is 157 Å². The molecule has 5 aromatic carbocycles. The van der Waals surface area contributed by atoms with Crippen molar-refractivity contribution < 1.29 is 0 Å². The van der Waals surface area contributed by atoms with Gasteiger partial charge in [0.2, 0.25) is 0 Å². The van der Waals surface area contributed by atoms with E-state index >= 15 is 0 Å². The highest BCUT2D eigenvalue weighted by Gasteiger charge is 2.17. The standard InChI is InChI=1S/C43H36N2/c1-29-35(30-13-7-5-8-14-30)19-12-20-36(29)38-22-21-37(42-39(38)23-24-40(45-42)31-15-9-6-10-16-31)32-17-11-18-33(27-32)41-28-34(25-26-44-41)43(2,3)4/h5-28H,1-4H3. The summed E-state index contributed by atoms with van der Waals surface area (Å²) in [5, 5.41) is 1.14. The zero-order valence-corrected chi connectivity index (χ0v) is 26.3. The molecule has 45 heavy (non-hydrogen) atoms. The Bertz CT molecular complexity index is 2140. The maximum Gasteiger partial charge on any atom is 0.0794 e. The number of pyridine rings is 2. The van der Waals surface area contributed by atoms with Crippen LogP contribution in [0.3, 0.4) is 0 Å². The molecule has 2 heteroatoms. The van der Waals surface area contributed by atoms with Crippen LogP contribution in [0.2, 0.25) is 0 Å². The molecule has 0 unspecified atom stereocenters. The molecule has 218 valence electrons. The van der Waals surface area contributed by atoms with Crippen molar-refractivity contribution in [3.63, 3.8) is 0 Å². The number of hydrogen-bond donors (Lipinski definition) is 0. The number of nitrogens with zero attached hydrogens (tertiary/aromatic N) is 2. The van der Waals surface area contributed by atoms with Gasteiger partial charge in [-0.05, 0) is 81.6 Å². The number of hydrogen-bond acceptors (Lipinski definition) is 2. The topological polar surface area (TPSA) is 25.8 Å². The van der Waals surface area contributed by atoms with Gasteiger partial charge in [0, 0.05) is 28.3 Å². The first-order chi connectivity index (χ1) is 21.9. The molecule has 7 rings (SSSR count). The fourth-order valence-corrected chi connectivity index (χ4v) is 6.21. The highest BCUT2D eigenvalue weighted by atomic mass is 14.7. The Hall–Kier alpha value is -5.34. The molecule has 7 aromatic rings. The molecule has 2 heterocycles. The van der Waals surface area contributed by atoms with Gasteiger partial charge >= 0.3 is 0 Å². The Morgan fingerprint density at radius 1 is 0.467 bits per heavy atom. The van der Waals surface area contributed by atoms with Crippen molar-refractivity contribution in [1.29, 1.82) is 0 Å². The molecule has 0 saturated heterocycles. The third kappa shape index (κ3) is 5.56. The van der Waals surface area contributed by atoms with Gasteiger partial charge in [-0.1, -0.05) is 130 Å². The molecule has 0 amide bonds. The molecule has 0 aliphatic heterocycles. The lowest BCUT2D eigenvalue weighted by atomic mass is 9.86. The molecule has 0 aliphatic carbocycles. The van der Waals surface area contributed by atoms with Crippen LogP contribution in [0.25, 0.3) is 66.8 Å². The molecule has 0 radical (unpaired) electrons. The lowest BCUT2D eigenvalue weighted by molar-refractivity contribution is 0.589. The second-order valence-electron chi connectivity index (χ2n) is 12.7. The molecule has 0 spiro atoms. The Kier molecular flexibility index (Phi) is 7.35. The second kappa shape index (κ2) is 11.6. The van der Waals surface area contributed by atoms with Crippen molar-refractivity contribution in [3.8, 4) is 55.9 Å². The van der Waals surface area contributed by atoms with E-state index < -0.39 is 0 Å². The lowest BCUT2D eigenvalue weighted by Gasteiger charge is -2.19. The summed E-state index contributed by atoms with van der Waals surface area (Å²) in [6.45, 7) is 8.95. The summed E-state index contributed by atoms with van der Waals surface area (Å²) in [4.78, 5) is 10.1. The van der Waals surface area contributed by atoms with Gasteiger partial charge in [-0.2, -0.15) is 0 Å². The second-order valence-corrected chi connectivity index (χ2v) is 12.7. The summed E-state index contributed by atoms with van der Waals surface area (Å²) in [5.74, 6) is 0. The fourth-order valence-electron chi connectivity index (χ4n) is 6.21. The predicted molar refractivity (Wildman–Crippen MR) is 190 cm³/mol. The van der Waals surface area contributed by atoms with E-state index in [4.69, 9.17) is 9.97 Å². The lowest BCUT2D eigenvalue weighted by Crippen LogP contribution is -2.11. The third-order valence-electron chi connectivity index (χ3n) is 8.73. The fraction of sp³-hybridized carbons (Fsp3) is 0.116. The Balaban J connectivity index is 1.42. The molecule has 2 aromatic heterocycles. The van der Waals surface area contributed by atoms with Crippen LogP contribution in [0.1, 0.15) is 31.9 Å². The molecule has 0 atom stereocenters. The van der Waals surface area contributed by atoms with Crippen molar-refractivity contribution in [2.75, 3.05) is 0 Å². The molecular formula is C43H36N2. The van der Waals surface area contributed by atoms with Crippen LogP contribution in [0, 0.1) is 6.92 Å². The van der Waals surface area contributed by atoms with Gasteiger partial charge in [0.25, 0.3) is 0 Å². The highest BCUT2D eigenvalue weighted by Crippen LogP contribution is 2.40. The van der Waals surface area contributed by atoms with E-state index in [1.807, 2.05) is 12.3 Å². The van der Waals surface area contributed by atoms with E-state index in [0.29, 0.717) is 0 Å². The first kappa shape index (κ1) is 28.4. The molecule has 0 fully saturated rings. The van der Waals surface area contributed by atoms with Crippen molar-refractivity contribution in [2.45, 2.75) is 33.1 Å². The van der Waals surface area contributed by atoms with Gasteiger partial charge in [0.15, 0.2) is 0 Å². The van der Waals surface area contributed by atoms with Crippen LogP contribution < -0.4 is 0 Å². The monoisotopic (exact) mass is 580 g/mol. The zero-order chi connectivity index (χ0) is 31.0. The van der Waals surface area contributed by atoms with Crippen LogP contribution >= 0.6 is 0 Å². The Morgan fingerprint density at radius 3 is 1.87 bits per heavy atom. The zero-order valence-electron chi connectivity index (χ0n) is 26.3. The van der Waals surface area contributed by atoms with Crippen LogP contribution in [0.15, 0.2) is 146 Å². The average molecular weight is 581 g/mol. The highest BCUT2D eigenvalue weighted by molar-refractivity contribution is 6.04. The van der Waals surface area contributed by atoms with Gasteiger partial charge in [-0.15, -0.1) is 0 Å². The van der Waals surface area contributed by atoms with Crippen LogP contribution in [0.5, 0.6) is 0 Å². The minimum atomic E-state index is 0.0506. The normalized spacial score (nSPS) is 11.6. The van der Waals surface area contributed by atoms with Gasteiger partial charge in [0.1, 0.15) is 0 Å². The summed E-state index contributed by atoms with van der Waals surface area (Å²) < 4.78 is 0. The Labute approximate surface area is 266 Å². The molecule has 0 aliphatic rings. The minimum Gasteiger partial charge on any atom is -0.256 e. The Morgan fingerprint density at radius 2 is 1.11 bits per heavy atom. The maximum atomic E-state index is 5.35. The van der Waals surface area contributed by atoms with E-state index in [2.05, 4.69) is 161 Å². The van der Waals surface area contributed by atoms with E-state index in [0.717, 1.165) is 44.5 Å². The van der Waals surface area contributed by atoms with Gasteiger partial charge in [0.05, 0.1) is 16.9 Å². The summed E-state index contributed by atoms with van der Waals surface area (Å²) >= 11 is 0. The molecule has 0 N–H and O–H groups in total. The van der Waals surface area contributed by atoms with Gasteiger partial charge < -0.3 is 0 Å². The number of fused-ring (bicyclic) bond motifs is 1. The predicted octanol–water partition coefficient (Wildman–Crippen LogP) is 11.6. The molecular weight excluding hydrogens is 544 g/mol. The van der Waals surface area contributed by atoms with E-state index in [9.17, 15) is 0 Å². The van der Waals surface area contributed by atoms with Crippen LogP contribution in [-0.2, 0) is 5.41 Å². The van der Waals surface area contributed by atoms with E-state index in [1.165, 1.54) is 33.4 Å². The smallest absolute Gasteiger partial charge is 0.0794 e. The van der Waals surface area contributed by atoms with Crippen LogP contribution in [-0.4, -0.2) is 9.97 Å². The summed E-state index contributed by atoms with van der Waals surface area (Å²) in [6, 6.07) is 49.6. The van der Waals surface area contributed by atoms with Crippen molar-refractivity contribution in [1.82, 2.24) is 9.97 Å². The summed E-state index contributed by atoms with van der Waals surface area (Å²) in [6.07, 6.45) is 1.92. The average Bonchev–Trinajstić information content (AvgIpc) is 3.08. The minimum absolute atomic E-state index is 0.0506. The molecule has 2 nitrogen and oxygen atoms in total. The maximum absolute atomic E-state index is 5.35. The summed E-state index contributed by atoms with van der Waals surface area (Å²) in [7, 11) is 0. The largest absolute Gasteiger partial charge is 0.256 e. The first-order valence-electron chi connectivity index (χ1n) is 15.6. The van der Waals surface area contributed by atoms with Gasteiger partial charge in [-0.3, -0.25) is 4.98 Å². The molecule has 0 saturated carbocycles.